The summed E-state index contributed by atoms with van der Waals surface area (Å²) in [7, 11) is 0. The molecule has 0 aliphatic rings. The molecule has 0 saturated heterocycles. The van der Waals surface area contributed by atoms with Gasteiger partial charge in [-0.1, -0.05) is 60.9 Å². The van der Waals surface area contributed by atoms with Crippen LogP contribution in [-0.4, -0.2) is 24.9 Å². The molecule has 0 aliphatic heterocycles. The van der Waals surface area contributed by atoms with Gasteiger partial charge >= 0.3 is 0 Å². The van der Waals surface area contributed by atoms with Gasteiger partial charge in [-0.05, 0) is 35.6 Å². The van der Waals surface area contributed by atoms with Gasteiger partial charge in [-0.2, -0.15) is 4.98 Å². The minimum Gasteiger partial charge on any atom is -0.334 e. The molecule has 0 amide bonds. The highest BCUT2D eigenvalue weighted by Gasteiger charge is 2.18. The van der Waals surface area contributed by atoms with Crippen LogP contribution in [0.2, 0.25) is 5.02 Å². The summed E-state index contributed by atoms with van der Waals surface area (Å²) in [4.78, 5) is 5.61. The molecule has 0 spiro atoms. The first kappa shape index (κ1) is 20.1. The van der Waals surface area contributed by atoms with Gasteiger partial charge in [0.05, 0.1) is 10.6 Å². The molecule has 9 heteroatoms. The second kappa shape index (κ2) is 9.11. The minimum absolute atomic E-state index is 0.462. The average molecular weight is 446 g/mol. The lowest BCUT2D eigenvalue weighted by molar-refractivity contribution is 0.425. The quantitative estimate of drug-likeness (QED) is 0.307. The van der Waals surface area contributed by atoms with Gasteiger partial charge in [0.1, 0.15) is 0 Å². The standard InChI is InChI=1S/C20H20ClN5OS2/c1-3-13(2)11-26-18(16-8-5-9-28-16)23-24-20(26)29-12-17-22-19(27-25-17)14-6-4-7-15(21)10-14/h4-10,13H,3,11-12H2,1-2H3. The summed E-state index contributed by atoms with van der Waals surface area (Å²) < 4.78 is 7.59. The monoisotopic (exact) mass is 445 g/mol. The molecule has 3 heterocycles. The van der Waals surface area contributed by atoms with Gasteiger partial charge in [-0.25, -0.2) is 0 Å². The number of thiophene rings is 1. The molecule has 3 aromatic heterocycles. The van der Waals surface area contributed by atoms with E-state index in [9.17, 15) is 0 Å². The zero-order valence-electron chi connectivity index (χ0n) is 16.1. The van der Waals surface area contributed by atoms with E-state index in [1.165, 1.54) is 0 Å². The van der Waals surface area contributed by atoms with E-state index in [2.05, 4.69) is 50.2 Å². The molecule has 0 N–H and O–H groups in total. The van der Waals surface area contributed by atoms with Crippen LogP contribution in [-0.2, 0) is 12.3 Å². The normalized spacial score (nSPS) is 12.4. The molecule has 6 nitrogen and oxygen atoms in total. The Morgan fingerprint density at radius 3 is 2.90 bits per heavy atom. The first-order chi connectivity index (χ1) is 14.1. The molecule has 1 aromatic carbocycles. The van der Waals surface area contributed by atoms with Crippen LogP contribution in [0.5, 0.6) is 0 Å². The summed E-state index contributed by atoms with van der Waals surface area (Å²) in [6.45, 7) is 5.31. The molecule has 1 atom stereocenters. The Labute approximate surface area is 182 Å². The smallest absolute Gasteiger partial charge is 0.258 e. The lowest BCUT2D eigenvalue weighted by atomic mass is 10.1. The Balaban J connectivity index is 1.52. The molecule has 0 saturated carbocycles. The average Bonchev–Trinajstić information content (AvgIpc) is 3.47. The van der Waals surface area contributed by atoms with Crippen molar-refractivity contribution < 1.29 is 4.52 Å². The molecule has 150 valence electrons. The van der Waals surface area contributed by atoms with Crippen molar-refractivity contribution >= 4 is 34.7 Å². The van der Waals surface area contributed by atoms with Gasteiger partial charge in [0.2, 0.25) is 0 Å². The number of hydrogen-bond acceptors (Lipinski definition) is 7. The van der Waals surface area contributed by atoms with Crippen molar-refractivity contribution in [2.45, 2.75) is 37.7 Å². The van der Waals surface area contributed by atoms with E-state index >= 15 is 0 Å². The lowest BCUT2D eigenvalue weighted by Crippen LogP contribution is -2.09. The third-order valence-electron chi connectivity index (χ3n) is 4.52. The first-order valence-corrected chi connectivity index (χ1v) is 11.6. The number of thioether (sulfide) groups is 1. The van der Waals surface area contributed by atoms with Crippen molar-refractivity contribution in [3.63, 3.8) is 0 Å². The number of halogens is 1. The van der Waals surface area contributed by atoms with E-state index in [0.717, 1.165) is 34.4 Å². The van der Waals surface area contributed by atoms with Crippen LogP contribution in [0.3, 0.4) is 0 Å². The zero-order chi connectivity index (χ0) is 20.2. The Morgan fingerprint density at radius 1 is 1.24 bits per heavy atom. The molecule has 0 bridgehead atoms. The highest BCUT2D eigenvalue weighted by molar-refractivity contribution is 7.98. The molecule has 1 unspecified atom stereocenters. The van der Waals surface area contributed by atoms with Crippen LogP contribution in [0, 0.1) is 5.92 Å². The van der Waals surface area contributed by atoms with Gasteiger partial charge in [0.15, 0.2) is 16.8 Å². The molecule has 4 aromatic rings. The summed E-state index contributed by atoms with van der Waals surface area (Å²) in [6, 6.07) is 11.5. The van der Waals surface area contributed by atoms with E-state index in [-0.39, 0.29) is 0 Å². The molecule has 29 heavy (non-hydrogen) atoms. The summed E-state index contributed by atoms with van der Waals surface area (Å²) in [5.41, 5.74) is 0.807. The fourth-order valence-electron chi connectivity index (χ4n) is 2.77. The Kier molecular flexibility index (Phi) is 6.32. The number of hydrogen-bond donors (Lipinski definition) is 0. The molecule has 0 fully saturated rings. The zero-order valence-corrected chi connectivity index (χ0v) is 18.5. The van der Waals surface area contributed by atoms with Gasteiger partial charge < -0.3 is 9.09 Å². The molecule has 4 rings (SSSR count). The summed E-state index contributed by atoms with van der Waals surface area (Å²) in [5.74, 6) is 3.07. The SMILES string of the molecule is CCC(C)Cn1c(SCc2noc(-c3cccc(Cl)c3)n2)nnc1-c1cccs1. The lowest BCUT2D eigenvalue weighted by Gasteiger charge is -2.13. The van der Waals surface area contributed by atoms with Crippen molar-refractivity contribution in [2.75, 3.05) is 0 Å². The molecular formula is C20H20ClN5OS2. The fraction of sp³-hybridized carbons (Fsp3) is 0.300. The highest BCUT2D eigenvalue weighted by atomic mass is 35.5. The molecule has 0 radical (unpaired) electrons. The highest BCUT2D eigenvalue weighted by Crippen LogP contribution is 2.30. The second-order valence-electron chi connectivity index (χ2n) is 6.72. The third kappa shape index (κ3) is 4.71. The van der Waals surface area contributed by atoms with E-state index in [0.29, 0.717) is 28.4 Å². The first-order valence-electron chi connectivity index (χ1n) is 9.32. The molecule has 0 aliphatic carbocycles. The van der Waals surface area contributed by atoms with Crippen LogP contribution in [0.1, 0.15) is 26.1 Å². The van der Waals surface area contributed by atoms with Crippen LogP contribution in [0.15, 0.2) is 51.5 Å². The van der Waals surface area contributed by atoms with Crippen molar-refractivity contribution in [1.29, 1.82) is 0 Å². The summed E-state index contributed by atoms with van der Waals surface area (Å²) >= 11 is 9.28. The molecular weight excluding hydrogens is 426 g/mol. The third-order valence-corrected chi connectivity index (χ3v) is 6.58. The van der Waals surface area contributed by atoms with Gasteiger partial charge in [0, 0.05) is 17.1 Å². The second-order valence-corrected chi connectivity index (χ2v) is 9.05. The minimum atomic E-state index is 0.462. The van der Waals surface area contributed by atoms with Crippen LogP contribution < -0.4 is 0 Å². The number of aromatic nitrogens is 5. The number of benzene rings is 1. The Morgan fingerprint density at radius 2 is 2.14 bits per heavy atom. The predicted molar refractivity (Wildman–Crippen MR) is 117 cm³/mol. The summed E-state index contributed by atoms with van der Waals surface area (Å²) in [5, 5.41) is 16.5. The number of nitrogens with zero attached hydrogens (tertiary/aromatic N) is 5. The summed E-state index contributed by atoms with van der Waals surface area (Å²) in [6.07, 6.45) is 1.10. The van der Waals surface area contributed by atoms with E-state index < -0.39 is 0 Å². The van der Waals surface area contributed by atoms with Crippen molar-refractivity contribution in [2.24, 2.45) is 5.92 Å². The van der Waals surface area contributed by atoms with E-state index in [1.807, 2.05) is 30.3 Å². The van der Waals surface area contributed by atoms with Crippen molar-refractivity contribution in [3.8, 4) is 22.2 Å². The van der Waals surface area contributed by atoms with Crippen LogP contribution in [0.4, 0.5) is 0 Å². The fourth-order valence-corrected chi connectivity index (χ4v) is 4.47. The Bertz CT molecular complexity index is 1080. The maximum absolute atomic E-state index is 6.05. The van der Waals surface area contributed by atoms with Crippen molar-refractivity contribution in [1.82, 2.24) is 24.9 Å². The van der Waals surface area contributed by atoms with Gasteiger partial charge in [-0.15, -0.1) is 21.5 Å². The van der Waals surface area contributed by atoms with Crippen molar-refractivity contribution in [3.05, 3.63) is 52.6 Å². The van der Waals surface area contributed by atoms with Gasteiger partial charge in [0.25, 0.3) is 5.89 Å². The largest absolute Gasteiger partial charge is 0.334 e. The number of rotatable bonds is 8. The van der Waals surface area contributed by atoms with Gasteiger partial charge in [-0.3, -0.25) is 0 Å². The van der Waals surface area contributed by atoms with E-state index in [4.69, 9.17) is 16.1 Å². The van der Waals surface area contributed by atoms with E-state index in [1.54, 1.807) is 23.1 Å². The Hall–Kier alpha value is -2.16. The maximum atomic E-state index is 6.05. The van der Waals surface area contributed by atoms with Crippen LogP contribution >= 0.6 is 34.7 Å². The van der Waals surface area contributed by atoms with Crippen LogP contribution in [0.25, 0.3) is 22.2 Å². The topological polar surface area (TPSA) is 69.6 Å². The predicted octanol–water partition coefficient (Wildman–Crippen LogP) is 6.05. The maximum Gasteiger partial charge on any atom is 0.258 e.